The molecule has 0 bridgehead atoms. The molecular formula is C15H17FN2. The topological polar surface area (TPSA) is 38.0 Å². The summed E-state index contributed by atoms with van der Waals surface area (Å²) in [5.41, 5.74) is 9.38. The van der Waals surface area contributed by atoms with Crippen molar-refractivity contribution in [3.63, 3.8) is 0 Å². The van der Waals surface area contributed by atoms with E-state index in [4.69, 9.17) is 5.73 Å². The van der Waals surface area contributed by atoms with E-state index in [9.17, 15) is 4.39 Å². The van der Waals surface area contributed by atoms with Gasteiger partial charge in [-0.2, -0.15) is 0 Å². The van der Waals surface area contributed by atoms with Gasteiger partial charge >= 0.3 is 0 Å². The highest BCUT2D eigenvalue weighted by atomic mass is 19.1. The number of rotatable bonds is 4. The Bertz CT molecular complexity index is 518. The molecule has 3 heteroatoms. The van der Waals surface area contributed by atoms with Crippen LogP contribution in [-0.2, 0) is 6.42 Å². The summed E-state index contributed by atoms with van der Waals surface area (Å²) in [6.07, 6.45) is 0.639. The maximum Gasteiger partial charge on any atom is 0.126 e. The van der Waals surface area contributed by atoms with Gasteiger partial charge in [0.05, 0.1) is 11.4 Å². The lowest BCUT2D eigenvalue weighted by molar-refractivity contribution is 0.610. The molecule has 2 rings (SSSR count). The first-order chi connectivity index (χ1) is 8.68. The minimum absolute atomic E-state index is 0.156. The second-order valence-corrected chi connectivity index (χ2v) is 4.31. The third-order valence-corrected chi connectivity index (χ3v) is 2.96. The first-order valence-corrected chi connectivity index (χ1v) is 6.01. The van der Waals surface area contributed by atoms with Gasteiger partial charge in [0.2, 0.25) is 0 Å². The van der Waals surface area contributed by atoms with Gasteiger partial charge < -0.3 is 11.1 Å². The van der Waals surface area contributed by atoms with Gasteiger partial charge in [-0.15, -0.1) is 0 Å². The van der Waals surface area contributed by atoms with Gasteiger partial charge in [-0.3, -0.25) is 0 Å². The van der Waals surface area contributed by atoms with E-state index >= 15 is 0 Å². The zero-order valence-corrected chi connectivity index (χ0v) is 10.4. The molecule has 0 aliphatic carbocycles. The molecule has 2 aromatic rings. The summed E-state index contributed by atoms with van der Waals surface area (Å²) in [7, 11) is 0. The molecule has 0 radical (unpaired) electrons. The summed E-state index contributed by atoms with van der Waals surface area (Å²) in [5.74, 6) is -0.156. The molecule has 0 amide bonds. The molecule has 2 nitrogen and oxygen atoms in total. The number of benzene rings is 2. The average Bonchev–Trinajstić information content (AvgIpc) is 2.35. The summed E-state index contributed by atoms with van der Waals surface area (Å²) >= 11 is 0. The molecule has 3 N–H and O–H groups in total. The number of para-hydroxylation sites is 1. The number of halogens is 1. The van der Waals surface area contributed by atoms with Crippen LogP contribution in [0.2, 0.25) is 0 Å². The normalized spacial score (nSPS) is 10.3. The van der Waals surface area contributed by atoms with E-state index in [0.717, 1.165) is 22.5 Å². The van der Waals surface area contributed by atoms with Crippen LogP contribution in [0, 0.1) is 12.7 Å². The summed E-state index contributed by atoms with van der Waals surface area (Å²) < 4.78 is 13.4. The van der Waals surface area contributed by atoms with Crippen molar-refractivity contribution in [3.8, 4) is 0 Å². The number of nitrogens with one attached hydrogen (secondary N) is 1. The molecule has 0 spiro atoms. The van der Waals surface area contributed by atoms with E-state index in [0.29, 0.717) is 13.0 Å². The molecule has 0 fully saturated rings. The second kappa shape index (κ2) is 5.54. The van der Waals surface area contributed by atoms with Crippen LogP contribution in [0.25, 0.3) is 0 Å². The number of aryl methyl sites for hydroxylation is 1. The summed E-state index contributed by atoms with van der Waals surface area (Å²) in [6.45, 7) is 2.66. The molecule has 94 valence electrons. The fourth-order valence-corrected chi connectivity index (χ4v) is 1.96. The maximum absolute atomic E-state index is 13.4. The lowest BCUT2D eigenvalue weighted by Gasteiger charge is -2.12. The van der Waals surface area contributed by atoms with Crippen molar-refractivity contribution < 1.29 is 4.39 Å². The van der Waals surface area contributed by atoms with Gasteiger partial charge in [0, 0.05) is 6.54 Å². The van der Waals surface area contributed by atoms with Crippen LogP contribution in [0.1, 0.15) is 11.1 Å². The molecule has 0 heterocycles. The van der Waals surface area contributed by atoms with Crippen molar-refractivity contribution in [1.29, 1.82) is 0 Å². The molecular weight excluding hydrogens is 227 g/mol. The molecule has 0 aliphatic heterocycles. The van der Waals surface area contributed by atoms with E-state index in [2.05, 4.69) is 5.32 Å². The molecule has 0 atom stereocenters. The SMILES string of the molecule is Cc1cccc(N)c1NCCc1ccccc1F. The van der Waals surface area contributed by atoms with Crippen LogP contribution in [0.3, 0.4) is 0 Å². The van der Waals surface area contributed by atoms with Crippen molar-refractivity contribution in [2.24, 2.45) is 0 Å². The van der Waals surface area contributed by atoms with Crippen LogP contribution in [0.4, 0.5) is 15.8 Å². The Hall–Kier alpha value is -2.03. The van der Waals surface area contributed by atoms with Gasteiger partial charge in [-0.25, -0.2) is 4.39 Å². The Kier molecular flexibility index (Phi) is 3.82. The minimum atomic E-state index is -0.156. The molecule has 18 heavy (non-hydrogen) atoms. The van der Waals surface area contributed by atoms with E-state index in [-0.39, 0.29) is 5.82 Å². The fraction of sp³-hybridized carbons (Fsp3) is 0.200. The van der Waals surface area contributed by atoms with Crippen molar-refractivity contribution in [1.82, 2.24) is 0 Å². The summed E-state index contributed by atoms with van der Waals surface area (Å²) in [4.78, 5) is 0. The van der Waals surface area contributed by atoms with E-state index in [1.807, 2.05) is 31.2 Å². The number of hydrogen-bond acceptors (Lipinski definition) is 2. The van der Waals surface area contributed by atoms with Crippen molar-refractivity contribution in [2.45, 2.75) is 13.3 Å². The fourth-order valence-electron chi connectivity index (χ4n) is 1.96. The molecule has 2 aromatic carbocycles. The monoisotopic (exact) mass is 244 g/mol. The van der Waals surface area contributed by atoms with Gasteiger partial charge in [-0.05, 0) is 36.6 Å². The second-order valence-electron chi connectivity index (χ2n) is 4.31. The van der Waals surface area contributed by atoms with Crippen LogP contribution < -0.4 is 11.1 Å². The first kappa shape index (κ1) is 12.4. The quantitative estimate of drug-likeness (QED) is 0.809. The number of anilines is 2. The van der Waals surface area contributed by atoms with Gasteiger partial charge in [0.15, 0.2) is 0 Å². The lowest BCUT2D eigenvalue weighted by Crippen LogP contribution is -2.09. The largest absolute Gasteiger partial charge is 0.397 e. The van der Waals surface area contributed by atoms with Crippen LogP contribution >= 0.6 is 0 Å². The molecule has 0 unspecified atom stereocenters. The van der Waals surface area contributed by atoms with E-state index < -0.39 is 0 Å². The Labute approximate surface area is 107 Å². The third kappa shape index (κ3) is 2.80. The zero-order valence-electron chi connectivity index (χ0n) is 10.4. The van der Waals surface area contributed by atoms with Crippen molar-refractivity contribution >= 4 is 11.4 Å². The van der Waals surface area contributed by atoms with Crippen LogP contribution in [0.5, 0.6) is 0 Å². The number of hydrogen-bond donors (Lipinski definition) is 2. The average molecular weight is 244 g/mol. The minimum Gasteiger partial charge on any atom is -0.397 e. The molecule has 0 aromatic heterocycles. The van der Waals surface area contributed by atoms with Crippen LogP contribution in [0.15, 0.2) is 42.5 Å². The standard InChI is InChI=1S/C15H17FN2/c1-11-5-4-8-14(17)15(11)18-10-9-12-6-2-3-7-13(12)16/h2-8,18H,9-10,17H2,1H3. The third-order valence-electron chi connectivity index (χ3n) is 2.96. The Morgan fingerprint density at radius 1 is 1.11 bits per heavy atom. The van der Waals surface area contributed by atoms with Crippen molar-refractivity contribution in [2.75, 3.05) is 17.6 Å². The van der Waals surface area contributed by atoms with Gasteiger partial charge in [0.25, 0.3) is 0 Å². The van der Waals surface area contributed by atoms with Crippen LogP contribution in [-0.4, -0.2) is 6.54 Å². The predicted octanol–water partition coefficient (Wildman–Crippen LogP) is 3.37. The Morgan fingerprint density at radius 2 is 1.89 bits per heavy atom. The highest BCUT2D eigenvalue weighted by Crippen LogP contribution is 2.22. The smallest absolute Gasteiger partial charge is 0.126 e. The molecule has 0 saturated carbocycles. The number of nitrogen functional groups attached to an aromatic ring is 1. The van der Waals surface area contributed by atoms with Crippen molar-refractivity contribution in [3.05, 3.63) is 59.4 Å². The summed E-state index contributed by atoms with van der Waals surface area (Å²) in [6, 6.07) is 12.6. The maximum atomic E-state index is 13.4. The first-order valence-electron chi connectivity index (χ1n) is 6.01. The van der Waals surface area contributed by atoms with E-state index in [1.165, 1.54) is 6.07 Å². The van der Waals surface area contributed by atoms with Gasteiger partial charge in [-0.1, -0.05) is 30.3 Å². The van der Waals surface area contributed by atoms with E-state index in [1.54, 1.807) is 12.1 Å². The number of nitrogens with two attached hydrogens (primary N) is 1. The van der Waals surface area contributed by atoms with Gasteiger partial charge in [0.1, 0.15) is 5.82 Å². The lowest BCUT2D eigenvalue weighted by atomic mass is 10.1. The predicted molar refractivity (Wildman–Crippen MR) is 74.2 cm³/mol. The Balaban J connectivity index is 1.99. The highest BCUT2D eigenvalue weighted by molar-refractivity contribution is 5.69. The molecule has 0 aliphatic rings. The zero-order chi connectivity index (χ0) is 13.0. The Morgan fingerprint density at radius 3 is 2.61 bits per heavy atom. The molecule has 0 saturated heterocycles. The highest BCUT2D eigenvalue weighted by Gasteiger charge is 2.03. The summed E-state index contributed by atoms with van der Waals surface area (Å²) in [5, 5.41) is 3.27.